The van der Waals surface area contributed by atoms with Crippen LogP contribution in [0.5, 0.6) is 0 Å². The molecule has 1 fully saturated rings. The molecule has 4 heteroatoms. The fourth-order valence-corrected chi connectivity index (χ4v) is 2.13. The fourth-order valence-electron chi connectivity index (χ4n) is 2.13. The van der Waals surface area contributed by atoms with Crippen LogP contribution in [0, 0.1) is 5.92 Å². The molecule has 1 aliphatic heterocycles. The first-order valence-corrected chi connectivity index (χ1v) is 5.52. The molecule has 0 radical (unpaired) electrons. The van der Waals surface area contributed by atoms with Gasteiger partial charge in [-0.1, -0.05) is 12.2 Å². The Kier molecular flexibility index (Phi) is 3.07. The monoisotopic (exact) mass is 210 g/mol. The van der Waals surface area contributed by atoms with E-state index in [-0.39, 0.29) is 30.0 Å². The summed E-state index contributed by atoms with van der Waals surface area (Å²) in [6.07, 6.45) is 5.58. The zero-order valence-electron chi connectivity index (χ0n) is 8.98. The molecule has 15 heavy (non-hydrogen) atoms. The van der Waals surface area contributed by atoms with Crippen molar-refractivity contribution in [2.45, 2.75) is 38.0 Å². The number of nitrogens with one attached hydrogen (secondary N) is 1. The van der Waals surface area contributed by atoms with Crippen LogP contribution in [0.15, 0.2) is 12.2 Å². The van der Waals surface area contributed by atoms with Crippen molar-refractivity contribution in [2.75, 3.05) is 6.61 Å². The van der Waals surface area contributed by atoms with E-state index in [0.717, 1.165) is 19.4 Å². The molecule has 0 aromatic rings. The summed E-state index contributed by atoms with van der Waals surface area (Å²) in [6, 6.07) is 0.209. The van der Waals surface area contributed by atoms with Gasteiger partial charge in [0.25, 0.3) is 0 Å². The summed E-state index contributed by atoms with van der Waals surface area (Å²) in [7, 11) is 0. The van der Waals surface area contributed by atoms with Gasteiger partial charge in [0.2, 0.25) is 5.91 Å². The number of nitrogens with two attached hydrogens (primary N) is 1. The van der Waals surface area contributed by atoms with E-state index in [2.05, 4.69) is 5.32 Å². The molecule has 0 spiro atoms. The highest BCUT2D eigenvalue weighted by atomic mass is 16.5. The first-order chi connectivity index (χ1) is 7.16. The van der Waals surface area contributed by atoms with Crippen molar-refractivity contribution in [3.63, 3.8) is 0 Å². The van der Waals surface area contributed by atoms with Crippen molar-refractivity contribution in [3.8, 4) is 0 Å². The molecule has 1 saturated heterocycles. The zero-order chi connectivity index (χ0) is 10.8. The van der Waals surface area contributed by atoms with Crippen LogP contribution in [0.2, 0.25) is 0 Å². The van der Waals surface area contributed by atoms with Gasteiger partial charge >= 0.3 is 0 Å². The van der Waals surface area contributed by atoms with Gasteiger partial charge in [0.15, 0.2) is 0 Å². The minimum atomic E-state index is -0.0483. The molecule has 0 saturated carbocycles. The Hall–Kier alpha value is -0.870. The van der Waals surface area contributed by atoms with Gasteiger partial charge in [0.05, 0.1) is 18.1 Å². The van der Waals surface area contributed by atoms with Gasteiger partial charge in [-0.25, -0.2) is 0 Å². The second-order valence-corrected chi connectivity index (χ2v) is 4.37. The van der Waals surface area contributed by atoms with E-state index in [0.29, 0.717) is 0 Å². The lowest BCUT2D eigenvalue weighted by Gasteiger charge is -2.18. The summed E-state index contributed by atoms with van der Waals surface area (Å²) >= 11 is 0. The maximum absolute atomic E-state index is 11.8. The van der Waals surface area contributed by atoms with Crippen molar-refractivity contribution in [1.29, 1.82) is 0 Å². The average molecular weight is 210 g/mol. The lowest BCUT2D eigenvalue weighted by atomic mass is 10.1. The molecule has 0 aromatic carbocycles. The minimum absolute atomic E-state index is 0.0398. The highest BCUT2D eigenvalue weighted by Gasteiger charge is 2.29. The van der Waals surface area contributed by atoms with Crippen LogP contribution in [-0.4, -0.2) is 30.7 Å². The number of hydrogen-bond acceptors (Lipinski definition) is 3. The van der Waals surface area contributed by atoms with Gasteiger partial charge in [-0.05, 0) is 19.8 Å². The molecular weight excluding hydrogens is 192 g/mol. The first-order valence-electron chi connectivity index (χ1n) is 5.52. The second-order valence-electron chi connectivity index (χ2n) is 4.37. The number of amides is 1. The number of hydrogen-bond donors (Lipinski definition) is 2. The van der Waals surface area contributed by atoms with Crippen molar-refractivity contribution in [3.05, 3.63) is 12.2 Å². The molecule has 2 rings (SSSR count). The largest absolute Gasteiger partial charge is 0.376 e. The topological polar surface area (TPSA) is 64.3 Å². The van der Waals surface area contributed by atoms with Crippen LogP contribution >= 0.6 is 0 Å². The van der Waals surface area contributed by atoms with Crippen molar-refractivity contribution in [1.82, 2.24) is 5.32 Å². The Balaban J connectivity index is 1.84. The van der Waals surface area contributed by atoms with Gasteiger partial charge in [0, 0.05) is 12.6 Å². The Bertz CT molecular complexity index is 278. The van der Waals surface area contributed by atoms with Crippen molar-refractivity contribution >= 4 is 5.91 Å². The van der Waals surface area contributed by atoms with Gasteiger partial charge < -0.3 is 15.8 Å². The summed E-state index contributed by atoms with van der Waals surface area (Å²) in [6.45, 7) is 2.74. The van der Waals surface area contributed by atoms with E-state index >= 15 is 0 Å². The van der Waals surface area contributed by atoms with Crippen LogP contribution in [0.4, 0.5) is 0 Å². The molecular formula is C11H18N2O2. The Morgan fingerprint density at radius 3 is 2.87 bits per heavy atom. The second kappa shape index (κ2) is 4.33. The minimum Gasteiger partial charge on any atom is -0.376 e. The molecule has 4 unspecified atom stereocenters. The molecule has 4 atom stereocenters. The third-order valence-electron chi connectivity index (χ3n) is 3.16. The average Bonchev–Trinajstić information content (AvgIpc) is 2.77. The van der Waals surface area contributed by atoms with Crippen LogP contribution in [0.1, 0.15) is 19.8 Å². The van der Waals surface area contributed by atoms with E-state index in [1.165, 1.54) is 0 Å². The number of rotatable bonds is 2. The number of carbonyl (C=O) groups excluding carboxylic acids is 1. The van der Waals surface area contributed by atoms with E-state index in [1.807, 2.05) is 19.1 Å². The van der Waals surface area contributed by atoms with Gasteiger partial charge in [-0.2, -0.15) is 0 Å². The number of ether oxygens (including phenoxy) is 1. The molecule has 0 aromatic heterocycles. The predicted molar refractivity (Wildman–Crippen MR) is 57.2 cm³/mol. The zero-order valence-corrected chi connectivity index (χ0v) is 8.98. The van der Waals surface area contributed by atoms with Gasteiger partial charge in [-0.15, -0.1) is 0 Å². The maximum Gasteiger partial charge on any atom is 0.227 e. The summed E-state index contributed by atoms with van der Waals surface area (Å²) in [5.41, 5.74) is 5.71. The Labute approximate surface area is 89.9 Å². The smallest absolute Gasteiger partial charge is 0.227 e. The lowest BCUT2D eigenvalue weighted by molar-refractivity contribution is -0.124. The highest BCUT2D eigenvalue weighted by Crippen LogP contribution is 2.18. The van der Waals surface area contributed by atoms with Crippen LogP contribution in [0.25, 0.3) is 0 Å². The Morgan fingerprint density at radius 1 is 1.53 bits per heavy atom. The maximum atomic E-state index is 11.8. The van der Waals surface area contributed by atoms with Gasteiger partial charge in [-0.3, -0.25) is 4.79 Å². The predicted octanol–water partition coefficient (Wildman–Crippen LogP) is 0.183. The molecule has 1 aliphatic carbocycles. The third-order valence-corrected chi connectivity index (χ3v) is 3.16. The lowest BCUT2D eigenvalue weighted by Crippen LogP contribution is -2.42. The molecule has 4 nitrogen and oxygen atoms in total. The molecule has 84 valence electrons. The highest BCUT2D eigenvalue weighted by molar-refractivity contribution is 5.81. The van der Waals surface area contributed by atoms with Crippen LogP contribution in [-0.2, 0) is 9.53 Å². The van der Waals surface area contributed by atoms with Crippen molar-refractivity contribution < 1.29 is 9.53 Å². The Morgan fingerprint density at radius 2 is 2.33 bits per heavy atom. The van der Waals surface area contributed by atoms with E-state index in [4.69, 9.17) is 10.5 Å². The molecule has 3 N–H and O–H groups in total. The first kappa shape index (κ1) is 10.6. The molecule has 1 amide bonds. The summed E-state index contributed by atoms with van der Waals surface area (Å²) < 4.78 is 5.39. The van der Waals surface area contributed by atoms with E-state index < -0.39 is 0 Å². The fraction of sp³-hybridized carbons (Fsp3) is 0.727. The quantitative estimate of drug-likeness (QED) is 0.639. The third kappa shape index (κ3) is 2.38. The number of carbonyl (C=O) groups is 1. The standard InChI is InChI=1S/C11H18N2O2/c1-7-10(4-5-15-7)13-11(14)8-2-3-9(12)6-8/h2-3,7-10H,4-6,12H2,1H3,(H,13,14). The summed E-state index contributed by atoms with van der Waals surface area (Å²) in [4.78, 5) is 11.8. The van der Waals surface area contributed by atoms with Crippen LogP contribution < -0.4 is 11.1 Å². The summed E-state index contributed by atoms with van der Waals surface area (Å²) in [5, 5.41) is 3.02. The molecule has 1 heterocycles. The normalized spacial score (nSPS) is 39.6. The van der Waals surface area contributed by atoms with Gasteiger partial charge in [0.1, 0.15) is 0 Å². The SMILES string of the molecule is CC1OCCC1NC(=O)C1C=CC(N)C1. The van der Waals surface area contributed by atoms with E-state index in [1.54, 1.807) is 0 Å². The summed E-state index contributed by atoms with van der Waals surface area (Å²) in [5.74, 6) is 0.0364. The molecule has 2 aliphatic rings. The van der Waals surface area contributed by atoms with E-state index in [9.17, 15) is 4.79 Å². The molecule has 0 bridgehead atoms. The van der Waals surface area contributed by atoms with Crippen LogP contribution in [0.3, 0.4) is 0 Å². The van der Waals surface area contributed by atoms with Crippen molar-refractivity contribution in [2.24, 2.45) is 11.7 Å².